The summed E-state index contributed by atoms with van der Waals surface area (Å²) in [7, 11) is 0. The van der Waals surface area contributed by atoms with Crippen molar-refractivity contribution in [1.29, 1.82) is 0 Å². The van der Waals surface area contributed by atoms with Crippen LogP contribution < -0.4 is 5.32 Å². The summed E-state index contributed by atoms with van der Waals surface area (Å²) in [6, 6.07) is 0. The molecule has 46 valence electrons. The molecule has 0 amide bonds. The van der Waals surface area contributed by atoms with Crippen molar-refractivity contribution in [3.63, 3.8) is 0 Å². The first-order valence-electron chi connectivity index (χ1n) is 3.15. The minimum absolute atomic E-state index is 0.250. The largest absolute Gasteiger partial charge is 0.308 e. The molecule has 0 aromatic rings. The lowest BCUT2D eigenvalue weighted by atomic mass is 10.0. The van der Waals surface area contributed by atoms with Crippen molar-refractivity contribution in [3.05, 3.63) is 12.7 Å². The zero-order chi connectivity index (χ0) is 6.04. The SMILES string of the molecule is C=CC1(C)CCCN1. The molecule has 1 fully saturated rings. The van der Waals surface area contributed by atoms with Crippen LogP contribution in [0.1, 0.15) is 19.8 Å². The van der Waals surface area contributed by atoms with Gasteiger partial charge in [-0.3, -0.25) is 0 Å². The van der Waals surface area contributed by atoms with Crippen LogP contribution in [0, 0.1) is 0 Å². The van der Waals surface area contributed by atoms with Gasteiger partial charge in [0.25, 0.3) is 0 Å². The monoisotopic (exact) mass is 111 g/mol. The number of hydrogen-bond acceptors (Lipinski definition) is 1. The Balaban J connectivity index is 2.52. The van der Waals surface area contributed by atoms with Gasteiger partial charge in [0.05, 0.1) is 0 Å². The summed E-state index contributed by atoms with van der Waals surface area (Å²) in [5.41, 5.74) is 0.250. The normalized spacial score (nSPS) is 37.6. The highest BCUT2D eigenvalue weighted by Crippen LogP contribution is 2.18. The number of nitrogens with one attached hydrogen (secondary N) is 1. The molecule has 1 heteroatoms. The lowest BCUT2D eigenvalue weighted by Crippen LogP contribution is -2.33. The average Bonchev–Trinajstić information content (AvgIpc) is 2.17. The Morgan fingerprint density at radius 3 is 2.75 bits per heavy atom. The van der Waals surface area contributed by atoms with Gasteiger partial charge >= 0.3 is 0 Å². The Labute approximate surface area is 50.8 Å². The fourth-order valence-electron chi connectivity index (χ4n) is 1.09. The molecule has 0 bridgehead atoms. The van der Waals surface area contributed by atoms with Crippen molar-refractivity contribution < 1.29 is 0 Å². The molecule has 1 heterocycles. The topological polar surface area (TPSA) is 12.0 Å². The minimum atomic E-state index is 0.250. The van der Waals surface area contributed by atoms with E-state index >= 15 is 0 Å². The first kappa shape index (κ1) is 5.83. The zero-order valence-electron chi connectivity index (χ0n) is 5.41. The lowest BCUT2D eigenvalue weighted by Gasteiger charge is -2.17. The summed E-state index contributed by atoms with van der Waals surface area (Å²) in [5.74, 6) is 0. The molecule has 0 aliphatic carbocycles. The predicted molar refractivity (Wildman–Crippen MR) is 35.8 cm³/mol. The van der Waals surface area contributed by atoms with Gasteiger partial charge in [-0.15, -0.1) is 6.58 Å². The Kier molecular flexibility index (Phi) is 1.39. The van der Waals surface area contributed by atoms with Crippen molar-refractivity contribution in [3.8, 4) is 0 Å². The predicted octanol–water partition coefficient (Wildman–Crippen LogP) is 1.31. The molecule has 0 saturated carbocycles. The fourth-order valence-corrected chi connectivity index (χ4v) is 1.09. The molecular formula is C7H13N. The van der Waals surface area contributed by atoms with E-state index in [2.05, 4.69) is 18.8 Å². The highest BCUT2D eigenvalue weighted by Gasteiger charge is 2.23. The maximum Gasteiger partial charge on any atom is 0.0333 e. The third-order valence-electron chi connectivity index (χ3n) is 1.85. The molecule has 1 N–H and O–H groups in total. The molecule has 0 aromatic heterocycles. The molecule has 0 aromatic carbocycles. The molecule has 1 rings (SSSR count). The summed E-state index contributed by atoms with van der Waals surface area (Å²) in [6.45, 7) is 7.09. The van der Waals surface area contributed by atoms with Crippen molar-refractivity contribution in [1.82, 2.24) is 5.32 Å². The molecular weight excluding hydrogens is 98.1 g/mol. The first-order chi connectivity index (χ1) is 3.77. The van der Waals surface area contributed by atoms with E-state index in [9.17, 15) is 0 Å². The van der Waals surface area contributed by atoms with Gasteiger partial charge < -0.3 is 5.32 Å². The average molecular weight is 111 g/mol. The van der Waals surface area contributed by atoms with Crippen LogP contribution in [0.25, 0.3) is 0 Å². The minimum Gasteiger partial charge on any atom is -0.308 e. The van der Waals surface area contributed by atoms with E-state index < -0.39 is 0 Å². The number of hydrogen-bond donors (Lipinski definition) is 1. The second-order valence-corrected chi connectivity index (χ2v) is 2.65. The first-order valence-corrected chi connectivity index (χ1v) is 3.15. The molecule has 8 heavy (non-hydrogen) atoms. The van der Waals surface area contributed by atoms with Gasteiger partial charge in [-0.2, -0.15) is 0 Å². The molecule has 1 atom stereocenters. The third-order valence-corrected chi connectivity index (χ3v) is 1.85. The van der Waals surface area contributed by atoms with Gasteiger partial charge in [-0.05, 0) is 26.3 Å². The Hall–Kier alpha value is -0.300. The van der Waals surface area contributed by atoms with E-state index in [0.29, 0.717) is 0 Å². The van der Waals surface area contributed by atoms with E-state index in [1.54, 1.807) is 0 Å². The van der Waals surface area contributed by atoms with Crippen LogP contribution in [0.5, 0.6) is 0 Å². The fraction of sp³-hybridized carbons (Fsp3) is 0.714. The number of rotatable bonds is 1. The second kappa shape index (κ2) is 1.90. The summed E-state index contributed by atoms with van der Waals surface area (Å²) >= 11 is 0. The summed E-state index contributed by atoms with van der Waals surface area (Å²) in [4.78, 5) is 0. The van der Waals surface area contributed by atoms with Gasteiger partial charge in [0.15, 0.2) is 0 Å². The van der Waals surface area contributed by atoms with Crippen LogP contribution >= 0.6 is 0 Å². The summed E-state index contributed by atoms with van der Waals surface area (Å²) < 4.78 is 0. The van der Waals surface area contributed by atoms with E-state index in [-0.39, 0.29) is 5.54 Å². The van der Waals surface area contributed by atoms with Crippen LogP contribution in [0.3, 0.4) is 0 Å². The smallest absolute Gasteiger partial charge is 0.0333 e. The van der Waals surface area contributed by atoms with E-state index in [0.717, 1.165) is 6.54 Å². The molecule has 0 radical (unpaired) electrons. The molecule has 0 spiro atoms. The zero-order valence-corrected chi connectivity index (χ0v) is 5.41. The van der Waals surface area contributed by atoms with Crippen LogP contribution in [-0.4, -0.2) is 12.1 Å². The van der Waals surface area contributed by atoms with Crippen molar-refractivity contribution in [2.45, 2.75) is 25.3 Å². The van der Waals surface area contributed by atoms with E-state index in [1.807, 2.05) is 6.08 Å². The van der Waals surface area contributed by atoms with Gasteiger partial charge in [-0.25, -0.2) is 0 Å². The van der Waals surface area contributed by atoms with Gasteiger partial charge in [-0.1, -0.05) is 6.08 Å². The standard InChI is InChI=1S/C7H13N/c1-3-7(2)5-4-6-8-7/h3,8H,1,4-6H2,2H3. The molecule has 1 saturated heterocycles. The van der Waals surface area contributed by atoms with Crippen molar-refractivity contribution >= 4 is 0 Å². The highest BCUT2D eigenvalue weighted by atomic mass is 15.0. The van der Waals surface area contributed by atoms with Crippen LogP contribution in [0.15, 0.2) is 12.7 Å². The van der Waals surface area contributed by atoms with Crippen LogP contribution in [0.4, 0.5) is 0 Å². The molecule has 1 aliphatic heterocycles. The van der Waals surface area contributed by atoms with Gasteiger partial charge in [0.2, 0.25) is 0 Å². The van der Waals surface area contributed by atoms with Gasteiger partial charge in [0, 0.05) is 5.54 Å². The highest BCUT2D eigenvalue weighted by molar-refractivity contribution is 5.02. The summed E-state index contributed by atoms with van der Waals surface area (Å²) in [5, 5.41) is 3.36. The van der Waals surface area contributed by atoms with Crippen LogP contribution in [0.2, 0.25) is 0 Å². The quantitative estimate of drug-likeness (QED) is 0.503. The van der Waals surface area contributed by atoms with Crippen molar-refractivity contribution in [2.24, 2.45) is 0 Å². The second-order valence-electron chi connectivity index (χ2n) is 2.65. The Morgan fingerprint density at radius 2 is 2.50 bits per heavy atom. The maximum absolute atomic E-state index is 3.75. The van der Waals surface area contributed by atoms with E-state index in [1.165, 1.54) is 12.8 Å². The third kappa shape index (κ3) is 0.920. The summed E-state index contributed by atoms with van der Waals surface area (Å²) in [6.07, 6.45) is 4.54. The van der Waals surface area contributed by atoms with Gasteiger partial charge in [0.1, 0.15) is 0 Å². The Morgan fingerprint density at radius 1 is 1.75 bits per heavy atom. The van der Waals surface area contributed by atoms with Crippen LogP contribution in [-0.2, 0) is 0 Å². The van der Waals surface area contributed by atoms with E-state index in [4.69, 9.17) is 0 Å². The molecule has 1 nitrogen and oxygen atoms in total. The Bertz CT molecular complexity index is 90.6. The molecule has 1 unspecified atom stereocenters. The lowest BCUT2D eigenvalue weighted by molar-refractivity contribution is 0.521. The van der Waals surface area contributed by atoms with Crippen molar-refractivity contribution in [2.75, 3.05) is 6.54 Å². The molecule has 1 aliphatic rings. The maximum atomic E-state index is 3.75.